The van der Waals surface area contributed by atoms with E-state index in [1.165, 1.54) is 25.3 Å². The minimum atomic E-state index is -0.783. The summed E-state index contributed by atoms with van der Waals surface area (Å²) in [7, 11) is 1.28. The van der Waals surface area contributed by atoms with Crippen molar-refractivity contribution in [1.82, 2.24) is 0 Å². The van der Waals surface area contributed by atoms with Crippen molar-refractivity contribution in [2.45, 2.75) is 13.0 Å². The number of rotatable bonds is 4. The maximum Gasteiger partial charge on any atom is 0.346 e. The standard InChI is InChI=1S/C19H15FO5/c1-11(19(22)23-2)24-14-7-8-15-16(10-14)25-17(18(15)21)9-12-3-5-13(20)6-4-12/h3-11H,1-2H3/b17-9-/t11-/m1/s1. The van der Waals surface area contributed by atoms with Crippen LogP contribution in [0.1, 0.15) is 22.8 Å². The van der Waals surface area contributed by atoms with Gasteiger partial charge in [-0.1, -0.05) is 12.1 Å². The average molecular weight is 342 g/mol. The number of benzene rings is 2. The van der Waals surface area contributed by atoms with E-state index >= 15 is 0 Å². The van der Waals surface area contributed by atoms with Crippen LogP contribution >= 0.6 is 0 Å². The van der Waals surface area contributed by atoms with Crippen LogP contribution < -0.4 is 9.47 Å². The number of fused-ring (bicyclic) bond motifs is 1. The van der Waals surface area contributed by atoms with E-state index in [-0.39, 0.29) is 17.4 Å². The number of hydrogen-bond acceptors (Lipinski definition) is 5. The molecule has 1 heterocycles. The Balaban J connectivity index is 1.81. The Bertz CT molecular complexity index is 855. The molecule has 0 N–H and O–H groups in total. The molecule has 0 unspecified atom stereocenters. The van der Waals surface area contributed by atoms with Crippen molar-refractivity contribution < 1.29 is 28.2 Å². The summed E-state index contributed by atoms with van der Waals surface area (Å²) in [4.78, 5) is 23.8. The second kappa shape index (κ2) is 6.76. The predicted molar refractivity (Wildman–Crippen MR) is 87.9 cm³/mol. The van der Waals surface area contributed by atoms with Crippen molar-refractivity contribution in [3.05, 3.63) is 65.2 Å². The second-order valence-corrected chi connectivity index (χ2v) is 5.43. The fourth-order valence-corrected chi connectivity index (χ4v) is 2.37. The molecule has 0 spiro atoms. The lowest BCUT2D eigenvalue weighted by Gasteiger charge is -2.12. The first-order valence-corrected chi connectivity index (χ1v) is 7.56. The second-order valence-electron chi connectivity index (χ2n) is 5.43. The van der Waals surface area contributed by atoms with E-state index < -0.39 is 12.1 Å². The zero-order valence-corrected chi connectivity index (χ0v) is 13.6. The maximum atomic E-state index is 13.0. The van der Waals surface area contributed by atoms with E-state index in [9.17, 15) is 14.0 Å². The summed E-state index contributed by atoms with van der Waals surface area (Å²) in [6.45, 7) is 1.56. The van der Waals surface area contributed by atoms with Crippen LogP contribution in [-0.2, 0) is 9.53 Å². The molecule has 2 aromatic rings. The molecule has 0 bridgehead atoms. The van der Waals surface area contributed by atoms with E-state index in [4.69, 9.17) is 9.47 Å². The first kappa shape index (κ1) is 16.7. The van der Waals surface area contributed by atoms with Crippen molar-refractivity contribution in [3.63, 3.8) is 0 Å². The Kier molecular flexibility index (Phi) is 4.52. The van der Waals surface area contributed by atoms with Crippen LogP contribution in [0.15, 0.2) is 48.2 Å². The maximum absolute atomic E-state index is 13.0. The van der Waals surface area contributed by atoms with Gasteiger partial charge in [-0.2, -0.15) is 0 Å². The van der Waals surface area contributed by atoms with Crippen LogP contribution in [0.5, 0.6) is 11.5 Å². The zero-order valence-electron chi connectivity index (χ0n) is 13.6. The van der Waals surface area contributed by atoms with Gasteiger partial charge in [0, 0.05) is 6.07 Å². The summed E-state index contributed by atoms with van der Waals surface area (Å²) in [6, 6.07) is 10.4. The van der Waals surface area contributed by atoms with Gasteiger partial charge in [0.1, 0.15) is 17.3 Å². The number of methoxy groups -OCH3 is 1. The minimum Gasteiger partial charge on any atom is -0.479 e. The van der Waals surface area contributed by atoms with E-state index in [0.29, 0.717) is 22.6 Å². The lowest BCUT2D eigenvalue weighted by atomic mass is 10.1. The molecule has 1 aliphatic rings. The van der Waals surface area contributed by atoms with Gasteiger partial charge < -0.3 is 14.2 Å². The fourth-order valence-electron chi connectivity index (χ4n) is 2.37. The number of ketones is 1. The summed E-state index contributed by atoms with van der Waals surface area (Å²) in [6.07, 6.45) is 0.758. The first-order chi connectivity index (χ1) is 12.0. The Hall–Kier alpha value is -3.15. The molecular weight excluding hydrogens is 327 g/mol. The molecule has 25 heavy (non-hydrogen) atoms. The molecule has 5 nitrogen and oxygen atoms in total. The van der Waals surface area contributed by atoms with Gasteiger partial charge in [-0.15, -0.1) is 0 Å². The molecule has 0 saturated carbocycles. The lowest BCUT2D eigenvalue weighted by Crippen LogP contribution is -2.24. The van der Waals surface area contributed by atoms with Gasteiger partial charge in [0.15, 0.2) is 11.9 Å². The molecule has 6 heteroatoms. The van der Waals surface area contributed by atoms with Crippen LogP contribution in [0.3, 0.4) is 0 Å². The van der Waals surface area contributed by atoms with Crippen molar-refractivity contribution in [3.8, 4) is 11.5 Å². The van der Waals surface area contributed by atoms with Gasteiger partial charge in [0.05, 0.1) is 12.7 Å². The average Bonchev–Trinajstić information content (AvgIpc) is 2.91. The quantitative estimate of drug-likeness (QED) is 0.630. The summed E-state index contributed by atoms with van der Waals surface area (Å²) >= 11 is 0. The smallest absolute Gasteiger partial charge is 0.346 e. The Labute approximate surface area is 143 Å². The molecule has 3 rings (SSSR count). The Morgan fingerprint density at radius 2 is 1.92 bits per heavy atom. The molecule has 0 aromatic heterocycles. The Morgan fingerprint density at radius 1 is 1.20 bits per heavy atom. The minimum absolute atomic E-state index is 0.139. The highest BCUT2D eigenvalue weighted by Gasteiger charge is 2.28. The number of hydrogen-bond donors (Lipinski definition) is 0. The van der Waals surface area contributed by atoms with E-state index in [0.717, 1.165) is 0 Å². The number of allylic oxidation sites excluding steroid dienone is 1. The van der Waals surface area contributed by atoms with Crippen molar-refractivity contribution in [1.29, 1.82) is 0 Å². The molecule has 2 aromatic carbocycles. The molecule has 0 saturated heterocycles. The van der Waals surface area contributed by atoms with Gasteiger partial charge in [-0.3, -0.25) is 4.79 Å². The monoisotopic (exact) mass is 342 g/mol. The number of Topliss-reactive ketones (excluding diaryl/α,β-unsaturated/α-hetero) is 1. The van der Waals surface area contributed by atoms with Crippen molar-refractivity contribution >= 4 is 17.8 Å². The number of carbonyl (C=O) groups is 2. The molecule has 0 radical (unpaired) electrons. The molecule has 1 atom stereocenters. The van der Waals surface area contributed by atoms with Crippen LogP contribution in [-0.4, -0.2) is 25.0 Å². The summed E-state index contributed by atoms with van der Waals surface area (Å²) < 4.78 is 28.6. The van der Waals surface area contributed by atoms with Gasteiger partial charge in [-0.05, 0) is 42.8 Å². The van der Waals surface area contributed by atoms with Crippen LogP contribution in [0.4, 0.5) is 4.39 Å². The van der Waals surface area contributed by atoms with E-state index in [1.807, 2.05) is 0 Å². The van der Waals surface area contributed by atoms with Crippen molar-refractivity contribution in [2.75, 3.05) is 7.11 Å². The highest BCUT2D eigenvalue weighted by molar-refractivity contribution is 6.14. The van der Waals surface area contributed by atoms with Crippen LogP contribution in [0.25, 0.3) is 6.08 Å². The summed E-state index contributed by atoms with van der Waals surface area (Å²) in [5, 5.41) is 0. The predicted octanol–water partition coefficient (Wildman–Crippen LogP) is 3.38. The van der Waals surface area contributed by atoms with Gasteiger partial charge in [-0.25, -0.2) is 9.18 Å². The third kappa shape index (κ3) is 3.52. The van der Waals surface area contributed by atoms with E-state index in [1.54, 1.807) is 37.3 Å². The number of ether oxygens (including phenoxy) is 3. The van der Waals surface area contributed by atoms with Crippen molar-refractivity contribution in [2.24, 2.45) is 0 Å². The summed E-state index contributed by atoms with van der Waals surface area (Å²) in [5.74, 6) is -0.271. The van der Waals surface area contributed by atoms with Gasteiger partial charge in [0.25, 0.3) is 0 Å². The highest BCUT2D eigenvalue weighted by atomic mass is 19.1. The van der Waals surface area contributed by atoms with Gasteiger partial charge >= 0.3 is 5.97 Å². The Morgan fingerprint density at radius 3 is 2.60 bits per heavy atom. The number of halogens is 1. The molecule has 0 amide bonds. The fraction of sp³-hybridized carbons (Fsp3) is 0.158. The topological polar surface area (TPSA) is 61.8 Å². The number of carbonyl (C=O) groups excluding carboxylic acids is 2. The number of esters is 1. The molecule has 0 fully saturated rings. The highest BCUT2D eigenvalue weighted by Crippen LogP contribution is 2.35. The molecule has 128 valence electrons. The third-order valence-electron chi connectivity index (χ3n) is 3.66. The first-order valence-electron chi connectivity index (χ1n) is 7.56. The normalized spacial score (nSPS) is 15.5. The summed E-state index contributed by atoms with van der Waals surface area (Å²) in [5.41, 5.74) is 1.04. The largest absolute Gasteiger partial charge is 0.479 e. The van der Waals surface area contributed by atoms with Crippen LogP contribution in [0.2, 0.25) is 0 Å². The van der Waals surface area contributed by atoms with E-state index in [2.05, 4.69) is 4.74 Å². The zero-order chi connectivity index (χ0) is 18.0. The SMILES string of the molecule is COC(=O)[C@@H](C)Oc1ccc2c(c1)O/C(=C\c1ccc(F)cc1)C2=O. The molecule has 1 aliphatic heterocycles. The lowest BCUT2D eigenvalue weighted by molar-refractivity contribution is -0.147. The molecular formula is C19H15FO5. The molecule has 0 aliphatic carbocycles. The third-order valence-corrected chi connectivity index (χ3v) is 3.66. The van der Waals surface area contributed by atoms with Gasteiger partial charge in [0.2, 0.25) is 5.78 Å². The van der Waals surface area contributed by atoms with Crippen LogP contribution in [0, 0.1) is 5.82 Å².